The van der Waals surface area contributed by atoms with Crippen molar-refractivity contribution in [3.63, 3.8) is 0 Å². The third-order valence-electron chi connectivity index (χ3n) is 1.86. The summed E-state index contributed by atoms with van der Waals surface area (Å²) in [7, 11) is -1.43. The van der Waals surface area contributed by atoms with Gasteiger partial charge in [0.15, 0.2) is 0 Å². The molecule has 0 aliphatic heterocycles. The Bertz CT molecular complexity index is 294. The van der Waals surface area contributed by atoms with Crippen LogP contribution >= 0.6 is 11.8 Å². The van der Waals surface area contributed by atoms with E-state index in [0.717, 1.165) is 11.5 Å². The highest BCUT2D eigenvalue weighted by atomic mass is 32.2. The molecule has 0 saturated carbocycles. The minimum Gasteiger partial charge on any atom is -0.493 e. The zero-order valence-corrected chi connectivity index (χ0v) is 9.54. The second kappa shape index (κ2) is 6.77. The van der Waals surface area contributed by atoms with E-state index in [1.807, 2.05) is 17.8 Å². The van der Waals surface area contributed by atoms with E-state index in [2.05, 4.69) is 6.92 Å². The third kappa shape index (κ3) is 4.60. The molecule has 3 nitrogen and oxygen atoms in total. The summed E-state index contributed by atoms with van der Waals surface area (Å²) < 4.78 is 5.46. The Kier molecular flexibility index (Phi) is 5.61. The van der Waals surface area contributed by atoms with Crippen LogP contribution in [-0.2, 0) is 0 Å². The maximum Gasteiger partial charge on any atom is 0.488 e. The molecule has 0 aliphatic carbocycles. The van der Waals surface area contributed by atoms with Crippen LogP contribution in [0.5, 0.6) is 5.75 Å². The average molecular weight is 226 g/mol. The minimum absolute atomic E-state index is 0.454. The highest BCUT2D eigenvalue weighted by Crippen LogP contribution is 2.08. The minimum atomic E-state index is -1.43. The van der Waals surface area contributed by atoms with Crippen molar-refractivity contribution in [2.75, 3.05) is 18.1 Å². The molecule has 0 saturated heterocycles. The Morgan fingerprint density at radius 2 is 2.20 bits per heavy atom. The summed E-state index contributed by atoms with van der Waals surface area (Å²) in [5.41, 5.74) is 0.454. The van der Waals surface area contributed by atoms with Gasteiger partial charge in [-0.05, 0) is 23.3 Å². The van der Waals surface area contributed by atoms with Gasteiger partial charge in [-0.2, -0.15) is 11.8 Å². The van der Waals surface area contributed by atoms with Crippen LogP contribution in [0.15, 0.2) is 24.3 Å². The molecule has 0 aromatic heterocycles. The number of rotatable bonds is 6. The lowest BCUT2D eigenvalue weighted by Crippen LogP contribution is -2.29. The lowest BCUT2D eigenvalue weighted by atomic mass is 9.80. The first-order chi connectivity index (χ1) is 7.24. The molecule has 0 unspecified atom stereocenters. The van der Waals surface area contributed by atoms with Crippen molar-refractivity contribution in [1.82, 2.24) is 0 Å². The molecule has 0 radical (unpaired) electrons. The van der Waals surface area contributed by atoms with Crippen molar-refractivity contribution < 1.29 is 14.8 Å². The summed E-state index contributed by atoms with van der Waals surface area (Å²) >= 11 is 1.81. The highest BCUT2D eigenvalue weighted by molar-refractivity contribution is 7.99. The first kappa shape index (κ1) is 12.4. The molecule has 0 aliphatic rings. The van der Waals surface area contributed by atoms with E-state index in [9.17, 15) is 0 Å². The third-order valence-corrected chi connectivity index (χ3v) is 2.72. The summed E-state index contributed by atoms with van der Waals surface area (Å²) in [5, 5.41) is 17.9. The van der Waals surface area contributed by atoms with Crippen LogP contribution in [0, 0.1) is 0 Å². The molecular weight excluding hydrogens is 211 g/mol. The number of ether oxygens (including phenoxy) is 1. The van der Waals surface area contributed by atoms with Crippen LogP contribution in [0.25, 0.3) is 0 Å². The molecule has 0 bridgehead atoms. The molecule has 1 aromatic carbocycles. The molecule has 2 N–H and O–H groups in total. The largest absolute Gasteiger partial charge is 0.493 e. The molecule has 15 heavy (non-hydrogen) atoms. The van der Waals surface area contributed by atoms with Crippen molar-refractivity contribution in [2.45, 2.75) is 6.92 Å². The number of hydrogen-bond acceptors (Lipinski definition) is 4. The summed E-state index contributed by atoms with van der Waals surface area (Å²) in [5.74, 6) is 2.71. The smallest absolute Gasteiger partial charge is 0.488 e. The van der Waals surface area contributed by atoms with Gasteiger partial charge in [0.1, 0.15) is 5.75 Å². The number of thioether (sulfide) groups is 1. The maximum atomic E-state index is 8.95. The van der Waals surface area contributed by atoms with Gasteiger partial charge in [0.2, 0.25) is 0 Å². The predicted octanol–water partition coefficient (Wildman–Crippen LogP) is 0.498. The molecule has 1 rings (SSSR count). The zero-order chi connectivity index (χ0) is 11.1. The Hall–Kier alpha value is -0.645. The molecule has 82 valence electrons. The Balaban J connectivity index is 2.43. The molecule has 0 atom stereocenters. The lowest BCUT2D eigenvalue weighted by molar-refractivity contribution is 0.344. The van der Waals surface area contributed by atoms with E-state index < -0.39 is 7.12 Å². The monoisotopic (exact) mass is 226 g/mol. The topological polar surface area (TPSA) is 49.7 Å². The number of benzene rings is 1. The van der Waals surface area contributed by atoms with Gasteiger partial charge in [-0.3, -0.25) is 0 Å². The molecule has 0 fully saturated rings. The van der Waals surface area contributed by atoms with Crippen LogP contribution in [-0.4, -0.2) is 35.3 Å². The van der Waals surface area contributed by atoms with Gasteiger partial charge in [-0.15, -0.1) is 0 Å². The first-order valence-electron chi connectivity index (χ1n) is 4.90. The highest BCUT2D eigenvalue weighted by Gasteiger charge is 2.10. The van der Waals surface area contributed by atoms with Gasteiger partial charge < -0.3 is 14.8 Å². The molecule has 0 spiro atoms. The summed E-state index contributed by atoms with van der Waals surface area (Å²) in [6, 6.07) is 6.85. The zero-order valence-electron chi connectivity index (χ0n) is 8.72. The first-order valence-corrected chi connectivity index (χ1v) is 6.06. The van der Waals surface area contributed by atoms with Crippen molar-refractivity contribution in [3.8, 4) is 5.75 Å². The van der Waals surface area contributed by atoms with Crippen LogP contribution < -0.4 is 10.2 Å². The maximum absolute atomic E-state index is 8.95. The second-order valence-electron chi connectivity index (χ2n) is 2.99. The van der Waals surface area contributed by atoms with E-state index >= 15 is 0 Å². The van der Waals surface area contributed by atoms with Crippen molar-refractivity contribution in [1.29, 1.82) is 0 Å². The van der Waals surface area contributed by atoms with Crippen LogP contribution in [0.1, 0.15) is 6.92 Å². The van der Waals surface area contributed by atoms with E-state index in [-0.39, 0.29) is 0 Å². The molecule has 1 aromatic rings. The summed E-state index contributed by atoms with van der Waals surface area (Å²) in [6.07, 6.45) is 0. The van der Waals surface area contributed by atoms with Crippen LogP contribution in [0.3, 0.4) is 0 Å². The van der Waals surface area contributed by atoms with Gasteiger partial charge >= 0.3 is 7.12 Å². The molecular formula is C10H15BO3S. The van der Waals surface area contributed by atoms with Crippen molar-refractivity contribution >= 4 is 24.3 Å². The Morgan fingerprint density at radius 3 is 2.87 bits per heavy atom. The van der Waals surface area contributed by atoms with Crippen molar-refractivity contribution in [3.05, 3.63) is 24.3 Å². The summed E-state index contributed by atoms with van der Waals surface area (Å²) in [6.45, 7) is 2.75. The normalized spacial score (nSPS) is 10.1. The average Bonchev–Trinajstić information content (AvgIpc) is 2.25. The fraction of sp³-hybridized carbons (Fsp3) is 0.400. The van der Waals surface area contributed by atoms with E-state index in [1.54, 1.807) is 18.2 Å². The molecule has 0 amide bonds. The van der Waals surface area contributed by atoms with Gasteiger partial charge in [0.25, 0.3) is 0 Å². The molecule has 0 heterocycles. The van der Waals surface area contributed by atoms with Crippen molar-refractivity contribution in [2.24, 2.45) is 0 Å². The lowest BCUT2D eigenvalue weighted by Gasteiger charge is -2.07. The van der Waals surface area contributed by atoms with Crippen LogP contribution in [0.4, 0.5) is 0 Å². The Labute approximate surface area is 94.6 Å². The van der Waals surface area contributed by atoms with Gasteiger partial charge in [0.05, 0.1) is 6.61 Å². The summed E-state index contributed by atoms with van der Waals surface area (Å²) in [4.78, 5) is 0. The second-order valence-corrected chi connectivity index (χ2v) is 4.39. The number of hydrogen-bond donors (Lipinski definition) is 2. The standard InChI is InChI=1S/C10H15BO3S/c1-2-15-7-6-14-10-5-3-4-9(8-10)11(12)13/h3-5,8,12-13H,2,6-7H2,1H3. The van der Waals surface area contributed by atoms with E-state index in [0.29, 0.717) is 17.8 Å². The van der Waals surface area contributed by atoms with E-state index in [1.165, 1.54) is 0 Å². The Morgan fingerprint density at radius 1 is 1.40 bits per heavy atom. The quantitative estimate of drug-likeness (QED) is 0.547. The van der Waals surface area contributed by atoms with E-state index in [4.69, 9.17) is 14.8 Å². The van der Waals surface area contributed by atoms with Gasteiger partial charge in [0, 0.05) is 5.75 Å². The fourth-order valence-electron chi connectivity index (χ4n) is 1.13. The SMILES string of the molecule is CCSCCOc1cccc(B(O)O)c1. The fourth-order valence-corrected chi connectivity index (χ4v) is 1.62. The van der Waals surface area contributed by atoms with Gasteiger partial charge in [-0.1, -0.05) is 19.1 Å². The molecule has 5 heteroatoms. The predicted molar refractivity (Wildman–Crippen MR) is 64.8 cm³/mol. The van der Waals surface area contributed by atoms with Crippen LogP contribution in [0.2, 0.25) is 0 Å². The van der Waals surface area contributed by atoms with Gasteiger partial charge in [-0.25, -0.2) is 0 Å².